The summed E-state index contributed by atoms with van der Waals surface area (Å²) in [7, 11) is 2.29. The number of thiophene rings is 1. The van der Waals surface area contributed by atoms with Gasteiger partial charge in [0.1, 0.15) is 26.4 Å². The van der Waals surface area contributed by atoms with Gasteiger partial charge in [0.05, 0.1) is 23.2 Å². The minimum atomic E-state index is -1.17. The first-order valence-corrected chi connectivity index (χ1v) is 17.2. The van der Waals surface area contributed by atoms with Crippen LogP contribution < -0.4 is 28.7 Å². The van der Waals surface area contributed by atoms with Crippen molar-refractivity contribution in [3.8, 4) is 34.4 Å². The third-order valence-electron chi connectivity index (χ3n) is 7.58. The normalized spacial score (nSPS) is 15.6. The molecule has 3 aliphatic heterocycles. The second-order valence-corrected chi connectivity index (χ2v) is 12.7. The van der Waals surface area contributed by atoms with Crippen molar-refractivity contribution in [2.24, 2.45) is 0 Å². The number of nitrogens with zero attached hydrogens (tertiary/aromatic N) is 6. The van der Waals surface area contributed by atoms with E-state index in [1.165, 1.54) is 17.0 Å². The van der Waals surface area contributed by atoms with Gasteiger partial charge >= 0.3 is 0 Å². The van der Waals surface area contributed by atoms with Crippen LogP contribution in [0.1, 0.15) is 5.82 Å². The number of ether oxygens (including phenoxy) is 4. The highest BCUT2D eigenvalue weighted by Gasteiger charge is 2.20. The molecule has 3 aliphatic rings. The summed E-state index contributed by atoms with van der Waals surface area (Å²) in [6, 6.07) is 12.8. The standard InChI is InChI=1S/C17H14FN3O3S.C17H14FN3O2S/c1-21(12-2-3-14-15(8-12)24-6-5-23-14)17-13(18)9-19-16(20-17)11-4-7-25(22)10-11;1-21(12-2-3-14-15(8-12)23-6-5-22-14)17-13(18)9-19-16(20-17)11-4-7-24-10-11/h2-4,7-10H,5-6H2,1H3;2-4,7-10H,5-6H2,1H3. The van der Waals surface area contributed by atoms with Crippen molar-refractivity contribution in [1.29, 1.82) is 0 Å². The van der Waals surface area contributed by atoms with Gasteiger partial charge in [-0.25, -0.2) is 28.7 Å². The van der Waals surface area contributed by atoms with Gasteiger partial charge in [0, 0.05) is 64.9 Å². The van der Waals surface area contributed by atoms with Gasteiger partial charge in [-0.15, -0.1) is 0 Å². The molecule has 0 aliphatic carbocycles. The summed E-state index contributed by atoms with van der Waals surface area (Å²) >= 11 is 1.55. The molecule has 0 amide bonds. The number of halogens is 2. The van der Waals surface area contributed by atoms with Crippen molar-refractivity contribution in [3.05, 3.63) is 100.0 Å². The first kappa shape index (κ1) is 32.2. The Labute approximate surface area is 286 Å². The van der Waals surface area contributed by atoms with Crippen LogP contribution in [0.15, 0.2) is 82.5 Å². The Morgan fingerprint density at radius 3 is 1.78 bits per heavy atom. The molecule has 1 unspecified atom stereocenters. The Hall–Kier alpha value is -5.41. The summed E-state index contributed by atoms with van der Waals surface area (Å²) < 4.78 is 62.2. The lowest BCUT2D eigenvalue weighted by atomic mass is 10.2. The molecule has 0 N–H and O–H groups in total. The number of aromatic nitrogens is 4. The molecule has 0 saturated carbocycles. The predicted molar refractivity (Wildman–Crippen MR) is 184 cm³/mol. The Kier molecular flexibility index (Phi) is 9.17. The molecule has 250 valence electrons. The molecule has 0 fully saturated rings. The number of allylic oxidation sites excluding steroid dienone is 2. The summed E-state index contributed by atoms with van der Waals surface area (Å²) in [6.07, 6.45) is 3.98. The van der Waals surface area contributed by atoms with E-state index in [1.54, 1.807) is 59.5 Å². The van der Waals surface area contributed by atoms with Crippen molar-refractivity contribution in [1.82, 2.24) is 19.9 Å². The number of fused-ring (bicyclic) bond motifs is 2. The number of benzene rings is 2. The number of hydrogen-bond donors (Lipinski definition) is 0. The summed E-state index contributed by atoms with van der Waals surface area (Å²) in [5.74, 6) is 2.74. The lowest BCUT2D eigenvalue weighted by Crippen LogP contribution is -2.17. The summed E-state index contributed by atoms with van der Waals surface area (Å²) in [4.78, 5) is 20.0. The molecule has 15 heteroatoms. The van der Waals surface area contributed by atoms with E-state index in [2.05, 4.69) is 19.9 Å². The fourth-order valence-electron chi connectivity index (χ4n) is 5.05. The van der Waals surface area contributed by atoms with E-state index in [4.69, 9.17) is 18.9 Å². The van der Waals surface area contributed by atoms with Crippen LogP contribution in [0.3, 0.4) is 0 Å². The molecule has 0 spiro atoms. The van der Waals surface area contributed by atoms with Crippen LogP contribution in [0, 0.1) is 11.6 Å². The molecule has 5 aromatic rings. The lowest BCUT2D eigenvalue weighted by Gasteiger charge is -2.23. The highest BCUT2D eigenvalue weighted by molar-refractivity contribution is 7.91. The quantitative estimate of drug-likeness (QED) is 0.190. The highest BCUT2D eigenvalue weighted by Crippen LogP contribution is 2.37. The monoisotopic (exact) mass is 702 g/mol. The predicted octanol–water partition coefficient (Wildman–Crippen LogP) is 6.66. The number of hydrogen-bond acceptors (Lipinski definition) is 12. The van der Waals surface area contributed by atoms with Gasteiger partial charge in [-0.3, -0.25) is 4.21 Å². The van der Waals surface area contributed by atoms with Crippen LogP contribution in [0.25, 0.3) is 17.0 Å². The van der Waals surface area contributed by atoms with Gasteiger partial charge in [-0.1, -0.05) is 0 Å². The fourth-order valence-corrected chi connectivity index (χ4v) is 6.48. The molecule has 1 atom stereocenters. The van der Waals surface area contributed by atoms with Crippen LogP contribution in [0.5, 0.6) is 23.0 Å². The zero-order valence-corrected chi connectivity index (χ0v) is 27.8. The van der Waals surface area contributed by atoms with Crippen molar-refractivity contribution < 1.29 is 31.9 Å². The third kappa shape index (κ3) is 6.93. The molecule has 8 rings (SSSR count). The van der Waals surface area contributed by atoms with E-state index in [9.17, 15) is 13.0 Å². The number of anilines is 4. The van der Waals surface area contributed by atoms with E-state index in [1.807, 2.05) is 35.0 Å². The second kappa shape index (κ2) is 14.0. The average Bonchev–Trinajstić information content (AvgIpc) is 3.84. The van der Waals surface area contributed by atoms with Crippen molar-refractivity contribution in [2.45, 2.75) is 0 Å². The van der Waals surface area contributed by atoms with Gasteiger partial charge in [0.2, 0.25) is 0 Å². The number of rotatable bonds is 6. The van der Waals surface area contributed by atoms with Crippen molar-refractivity contribution in [3.63, 3.8) is 0 Å². The zero-order valence-electron chi connectivity index (χ0n) is 26.2. The van der Waals surface area contributed by atoms with E-state index in [-0.39, 0.29) is 11.6 Å². The maximum atomic E-state index is 14.3. The molecule has 2 aromatic carbocycles. The first-order valence-electron chi connectivity index (χ1n) is 15.0. The molecule has 3 aromatic heterocycles. The van der Waals surface area contributed by atoms with Gasteiger partial charge < -0.3 is 28.7 Å². The minimum Gasteiger partial charge on any atom is -0.486 e. The Bertz CT molecular complexity index is 2100. The summed E-state index contributed by atoms with van der Waals surface area (Å²) in [5, 5.41) is 6.93. The van der Waals surface area contributed by atoms with Crippen LogP contribution >= 0.6 is 11.3 Å². The Morgan fingerprint density at radius 1 is 0.735 bits per heavy atom. The Balaban J connectivity index is 0.000000154. The molecule has 0 radical (unpaired) electrons. The maximum Gasteiger partial charge on any atom is 0.184 e. The molecule has 0 saturated heterocycles. The van der Waals surface area contributed by atoms with E-state index in [0.717, 1.165) is 17.4 Å². The van der Waals surface area contributed by atoms with Gasteiger partial charge in [0.15, 0.2) is 57.9 Å². The third-order valence-corrected chi connectivity index (χ3v) is 9.15. The second-order valence-electron chi connectivity index (χ2n) is 10.7. The van der Waals surface area contributed by atoms with Crippen molar-refractivity contribution >= 4 is 50.7 Å². The summed E-state index contributed by atoms with van der Waals surface area (Å²) in [6.45, 7) is 2.02. The highest BCUT2D eigenvalue weighted by atomic mass is 32.2. The van der Waals surface area contributed by atoms with Crippen LogP contribution in [0.2, 0.25) is 0 Å². The molecular formula is C34H28F2N6O5S2. The van der Waals surface area contributed by atoms with Crippen LogP contribution in [-0.4, -0.2) is 64.7 Å². The van der Waals surface area contributed by atoms with Gasteiger partial charge in [-0.05, 0) is 41.8 Å². The van der Waals surface area contributed by atoms with E-state index < -0.39 is 22.4 Å². The Morgan fingerprint density at radius 2 is 1.27 bits per heavy atom. The topological polar surface area (TPSA) is 112 Å². The van der Waals surface area contributed by atoms with Gasteiger partial charge in [0.25, 0.3) is 0 Å². The smallest absolute Gasteiger partial charge is 0.184 e. The van der Waals surface area contributed by atoms with E-state index in [0.29, 0.717) is 72.3 Å². The van der Waals surface area contributed by atoms with Crippen molar-refractivity contribution in [2.75, 3.05) is 50.3 Å². The van der Waals surface area contributed by atoms with Crippen LogP contribution in [0.4, 0.5) is 31.8 Å². The molecule has 11 nitrogen and oxygen atoms in total. The van der Waals surface area contributed by atoms with E-state index >= 15 is 0 Å². The molecule has 6 heterocycles. The fraction of sp³-hybridized carbons (Fsp3) is 0.176. The molecule has 49 heavy (non-hydrogen) atoms. The molecule has 0 bridgehead atoms. The first-order chi connectivity index (χ1) is 23.8. The summed E-state index contributed by atoms with van der Waals surface area (Å²) in [5.41, 5.74) is 2.94. The zero-order chi connectivity index (χ0) is 33.9. The van der Waals surface area contributed by atoms with Gasteiger partial charge in [-0.2, -0.15) is 11.3 Å². The minimum absolute atomic E-state index is 0.119. The molecular weight excluding hydrogens is 675 g/mol. The van der Waals surface area contributed by atoms with Crippen LogP contribution in [-0.2, 0) is 10.8 Å². The largest absolute Gasteiger partial charge is 0.486 e. The average molecular weight is 703 g/mol. The SMILES string of the molecule is CN(c1ccc2c(c1)OCCO2)c1nc(-c2ccsc2)ncc1F.CN(c1ccc2c(c1)OCCO2)c1nc(C2=CS(=O)C=C2)ncc1F. The lowest BCUT2D eigenvalue weighted by molar-refractivity contribution is 0.171. The maximum absolute atomic E-state index is 14.3.